The summed E-state index contributed by atoms with van der Waals surface area (Å²) in [6.07, 6.45) is 4.97. The molecular weight excluding hydrogens is 384 g/mol. The van der Waals surface area contributed by atoms with Crippen molar-refractivity contribution in [1.29, 1.82) is 0 Å². The Labute approximate surface area is 182 Å². The Kier molecular flexibility index (Phi) is 5.43. The molecule has 0 bridgehead atoms. The maximum absolute atomic E-state index is 12.8. The van der Waals surface area contributed by atoms with E-state index in [9.17, 15) is 4.79 Å². The molecule has 0 amide bonds. The van der Waals surface area contributed by atoms with Crippen molar-refractivity contribution in [2.24, 2.45) is 0 Å². The van der Waals surface area contributed by atoms with Gasteiger partial charge in [-0.2, -0.15) is 0 Å². The zero-order chi connectivity index (χ0) is 21.2. The van der Waals surface area contributed by atoms with Crippen LogP contribution in [-0.4, -0.2) is 32.5 Å². The number of hydrogen-bond acceptors (Lipinski definition) is 3. The van der Waals surface area contributed by atoms with Gasteiger partial charge in [0.2, 0.25) is 0 Å². The van der Waals surface area contributed by atoms with Gasteiger partial charge in [0.15, 0.2) is 0 Å². The van der Waals surface area contributed by atoms with Crippen molar-refractivity contribution in [2.75, 3.05) is 13.1 Å². The highest BCUT2D eigenvalue weighted by Crippen LogP contribution is 2.24. The number of aromatic amines is 1. The summed E-state index contributed by atoms with van der Waals surface area (Å²) in [6, 6.07) is 18.6. The van der Waals surface area contributed by atoms with Crippen LogP contribution in [-0.2, 0) is 25.9 Å². The lowest BCUT2D eigenvalue weighted by Crippen LogP contribution is -2.26. The molecular formula is C26H28N4O. The number of rotatable bonds is 5. The van der Waals surface area contributed by atoms with Crippen LogP contribution >= 0.6 is 0 Å². The van der Waals surface area contributed by atoms with Crippen LogP contribution in [0.1, 0.15) is 30.2 Å². The van der Waals surface area contributed by atoms with Gasteiger partial charge >= 0.3 is 0 Å². The lowest BCUT2D eigenvalue weighted by Gasteiger charge is -2.19. The molecule has 0 atom stereocenters. The Morgan fingerprint density at radius 1 is 1.00 bits per heavy atom. The Hall–Kier alpha value is -3.18. The lowest BCUT2D eigenvalue weighted by atomic mass is 10.1. The first kappa shape index (κ1) is 19.8. The molecule has 1 aliphatic heterocycles. The minimum Gasteiger partial charge on any atom is -0.347 e. The molecule has 5 rings (SSSR count). The third-order valence-corrected chi connectivity index (χ3v) is 6.22. The highest BCUT2D eigenvalue weighted by atomic mass is 16.1. The number of nitrogens with zero attached hydrogens (tertiary/aromatic N) is 3. The van der Waals surface area contributed by atoms with Gasteiger partial charge in [0, 0.05) is 60.8 Å². The van der Waals surface area contributed by atoms with Gasteiger partial charge in [-0.3, -0.25) is 9.69 Å². The molecule has 4 aromatic rings. The van der Waals surface area contributed by atoms with E-state index in [0.717, 1.165) is 62.3 Å². The molecule has 0 saturated carbocycles. The number of fused-ring (bicyclic) bond motifs is 2. The zero-order valence-corrected chi connectivity index (χ0v) is 18.0. The second-order valence-corrected chi connectivity index (χ2v) is 8.35. The van der Waals surface area contributed by atoms with Gasteiger partial charge < -0.3 is 9.55 Å². The van der Waals surface area contributed by atoms with Crippen molar-refractivity contribution < 1.29 is 0 Å². The van der Waals surface area contributed by atoms with E-state index in [-0.39, 0.29) is 5.56 Å². The maximum atomic E-state index is 12.8. The van der Waals surface area contributed by atoms with E-state index in [4.69, 9.17) is 4.98 Å². The molecule has 2 aromatic carbocycles. The Balaban J connectivity index is 1.39. The minimum absolute atomic E-state index is 0.00486. The topological polar surface area (TPSA) is 53.9 Å². The van der Waals surface area contributed by atoms with Crippen molar-refractivity contribution in [3.63, 3.8) is 0 Å². The van der Waals surface area contributed by atoms with Crippen LogP contribution in [0.3, 0.4) is 0 Å². The molecule has 5 nitrogen and oxygen atoms in total. The average Bonchev–Trinajstić information content (AvgIpc) is 3.00. The quantitative estimate of drug-likeness (QED) is 0.529. The lowest BCUT2D eigenvalue weighted by molar-refractivity contribution is 0.279. The van der Waals surface area contributed by atoms with Crippen LogP contribution in [0.15, 0.2) is 65.6 Å². The number of H-pyrrole nitrogens is 1. The van der Waals surface area contributed by atoms with Crippen LogP contribution < -0.4 is 5.56 Å². The van der Waals surface area contributed by atoms with E-state index in [1.165, 1.54) is 16.5 Å². The molecule has 5 heteroatoms. The largest absolute Gasteiger partial charge is 0.347 e. The maximum Gasteiger partial charge on any atom is 0.254 e. The standard InChI is InChI=1S/C26H28N4O/c1-2-14-30-18-20(21-10-6-7-11-24(21)30)17-29-15-12-22-23(13-16-29)27-25(28-26(22)31)19-8-4-3-5-9-19/h3-11,18H,2,12-17H2,1H3,(H,27,28,31). The summed E-state index contributed by atoms with van der Waals surface area (Å²) in [5.74, 6) is 0.667. The molecule has 0 aliphatic carbocycles. The fourth-order valence-corrected chi connectivity index (χ4v) is 4.66. The highest BCUT2D eigenvalue weighted by Gasteiger charge is 2.20. The molecule has 3 heterocycles. The van der Waals surface area contributed by atoms with E-state index in [1.54, 1.807) is 0 Å². The number of aryl methyl sites for hydroxylation is 1. The predicted molar refractivity (Wildman–Crippen MR) is 125 cm³/mol. The van der Waals surface area contributed by atoms with Crippen molar-refractivity contribution in [1.82, 2.24) is 19.4 Å². The third-order valence-electron chi connectivity index (χ3n) is 6.22. The van der Waals surface area contributed by atoms with E-state index >= 15 is 0 Å². The fourth-order valence-electron chi connectivity index (χ4n) is 4.66. The monoisotopic (exact) mass is 412 g/mol. The normalized spacial score (nSPS) is 14.5. The van der Waals surface area contributed by atoms with Gasteiger partial charge in [-0.25, -0.2) is 4.98 Å². The van der Waals surface area contributed by atoms with E-state index in [1.807, 2.05) is 30.3 Å². The number of para-hydroxylation sites is 1. The van der Waals surface area contributed by atoms with Crippen LogP contribution in [0.5, 0.6) is 0 Å². The smallest absolute Gasteiger partial charge is 0.254 e. The second kappa shape index (κ2) is 8.52. The Morgan fingerprint density at radius 3 is 2.61 bits per heavy atom. The average molecular weight is 413 g/mol. The third kappa shape index (κ3) is 3.93. The minimum atomic E-state index is 0.00486. The molecule has 0 unspecified atom stereocenters. The molecule has 0 radical (unpaired) electrons. The molecule has 158 valence electrons. The van der Waals surface area contributed by atoms with Gasteiger partial charge in [0.1, 0.15) is 5.82 Å². The molecule has 0 spiro atoms. The predicted octanol–water partition coefficient (Wildman–Crippen LogP) is 4.40. The van der Waals surface area contributed by atoms with Crippen LogP contribution in [0.4, 0.5) is 0 Å². The first-order valence-electron chi connectivity index (χ1n) is 11.2. The number of aromatic nitrogens is 3. The van der Waals surface area contributed by atoms with E-state index < -0.39 is 0 Å². The number of benzene rings is 2. The van der Waals surface area contributed by atoms with Crippen molar-refractivity contribution in [3.05, 3.63) is 88.0 Å². The SMILES string of the molecule is CCCn1cc(CN2CCc3nc(-c4ccccc4)[nH]c(=O)c3CC2)c2ccccc21. The van der Waals surface area contributed by atoms with Crippen LogP contribution in [0.2, 0.25) is 0 Å². The van der Waals surface area contributed by atoms with Crippen LogP contribution in [0.25, 0.3) is 22.3 Å². The molecule has 2 aromatic heterocycles. The Bertz CT molecular complexity index is 1260. The van der Waals surface area contributed by atoms with Crippen molar-refractivity contribution in [2.45, 2.75) is 39.3 Å². The molecule has 31 heavy (non-hydrogen) atoms. The summed E-state index contributed by atoms with van der Waals surface area (Å²) >= 11 is 0. The van der Waals surface area contributed by atoms with Gasteiger partial charge in [-0.05, 0) is 24.5 Å². The fraction of sp³-hybridized carbons (Fsp3) is 0.308. The van der Waals surface area contributed by atoms with Gasteiger partial charge in [0.05, 0.1) is 5.69 Å². The first-order chi connectivity index (χ1) is 15.2. The van der Waals surface area contributed by atoms with Gasteiger partial charge in [-0.1, -0.05) is 55.5 Å². The van der Waals surface area contributed by atoms with Crippen molar-refractivity contribution >= 4 is 10.9 Å². The summed E-state index contributed by atoms with van der Waals surface area (Å²) in [7, 11) is 0. The summed E-state index contributed by atoms with van der Waals surface area (Å²) in [5.41, 5.74) is 5.41. The van der Waals surface area contributed by atoms with E-state index in [2.05, 4.69) is 51.8 Å². The van der Waals surface area contributed by atoms with E-state index in [0.29, 0.717) is 5.82 Å². The van der Waals surface area contributed by atoms with Gasteiger partial charge in [-0.15, -0.1) is 0 Å². The van der Waals surface area contributed by atoms with Crippen molar-refractivity contribution in [3.8, 4) is 11.4 Å². The summed E-state index contributed by atoms with van der Waals surface area (Å²) < 4.78 is 2.37. The van der Waals surface area contributed by atoms with Crippen LogP contribution in [0, 0.1) is 0 Å². The summed E-state index contributed by atoms with van der Waals surface area (Å²) in [4.78, 5) is 23.1. The highest BCUT2D eigenvalue weighted by molar-refractivity contribution is 5.83. The number of hydrogen-bond donors (Lipinski definition) is 1. The second-order valence-electron chi connectivity index (χ2n) is 8.35. The van der Waals surface area contributed by atoms with Gasteiger partial charge in [0.25, 0.3) is 5.56 Å². The summed E-state index contributed by atoms with van der Waals surface area (Å²) in [5, 5.41) is 1.33. The Morgan fingerprint density at radius 2 is 1.77 bits per heavy atom. The summed E-state index contributed by atoms with van der Waals surface area (Å²) in [6.45, 7) is 5.93. The zero-order valence-electron chi connectivity index (χ0n) is 18.0. The first-order valence-corrected chi connectivity index (χ1v) is 11.2. The molecule has 1 N–H and O–H groups in total. The number of nitrogens with one attached hydrogen (secondary N) is 1. The molecule has 0 saturated heterocycles. The molecule has 0 fully saturated rings. The molecule has 1 aliphatic rings.